The maximum Gasteiger partial charge on any atom is 0.0697 e. The second-order valence-corrected chi connectivity index (χ2v) is 13.1. The Balaban J connectivity index is 0.000000277. The van der Waals surface area contributed by atoms with Crippen molar-refractivity contribution in [3.63, 3.8) is 0 Å². The van der Waals surface area contributed by atoms with Crippen LogP contribution in [0.1, 0.15) is 74.1 Å². The van der Waals surface area contributed by atoms with Crippen molar-refractivity contribution in [2.24, 2.45) is 0 Å². The molecule has 7 aliphatic rings. The summed E-state index contributed by atoms with van der Waals surface area (Å²) in [5.74, 6) is 0. The van der Waals surface area contributed by atoms with Gasteiger partial charge in [-0.2, -0.15) is 0 Å². The van der Waals surface area contributed by atoms with Crippen LogP contribution in [-0.2, 0) is 28.4 Å². The largest absolute Gasteiger partial charge is 0.379 e. The predicted molar refractivity (Wildman–Crippen MR) is 193 cm³/mol. The average Bonchev–Trinajstić information content (AvgIpc) is 3.45. The molecule has 7 aliphatic heterocycles. The summed E-state index contributed by atoms with van der Waals surface area (Å²) in [7, 11) is 0. The van der Waals surface area contributed by atoms with Crippen LogP contribution in [0.15, 0.2) is 0 Å². The lowest BCUT2D eigenvalue weighted by molar-refractivity contribution is -0.0166. The molecule has 0 amide bonds. The Labute approximate surface area is 288 Å². The van der Waals surface area contributed by atoms with Crippen LogP contribution in [0, 0.1) is 0 Å². The minimum Gasteiger partial charge on any atom is -0.379 e. The number of ether oxygens (including phenoxy) is 6. The third-order valence-electron chi connectivity index (χ3n) is 8.25. The molecule has 6 N–H and O–H groups in total. The van der Waals surface area contributed by atoms with Crippen LogP contribution in [0.25, 0.3) is 0 Å². The molecule has 0 aliphatic carbocycles. The van der Waals surface area contributed by atoms with Gasteiger partial charge in [-0.25, -0.2) is 0 Å². The van der Waals surface area contributed by atoms with Gasteiger partial charge in [-0.3, -0.25) is 0 Å². The summed E-state index contributed by atoms with van der Waals surface area (Å²) in [4.78, 5) is 0. The van der Waals surface area contributed by atoms with Crippen molar-refractivity contribution in [1.82, 2.24) is 31.9 Å². The summed E-state index contributed by atoms with van der Waals surface area (Å²) in [5.41, 5.74) is 0. The molecule has 0 aromatic rings. The van der Waals surface area contributed by atoms with Gasteiger partial charge in [0.2, 0.25) is 0 Å². The highest BCUT2D eigenvalue weighted by molar-refractivity contribution is 4.86. The summed E-state index contributed by atoms with van der Waals surface area (Å²) in [6.07, 6.45) is 6.48. The van der Waals surface area contributed by atoms with Gasteiger partial charge in [-0.15, -0.1) is 0 Å². The van der Waals surface area contributed by atoms with Crippen LogP contribution >= 0.6 is 0 Å². The zero-order valence-electron chi connectivity index (χ0n) is 31.3. The Morgan fingerprint density at radius 2 is 1.04 bits per heavy atom. The monoisotopic (exact) mass is 677 g/mol. The van der Waals surface area contributed by atoms with E-state index in [0.717, 1.165) is 112 Å². The molecule has 0 spiro atoms. The summed E-state index contributed by atoms with van der Waals surface area (Å²) in [5, 5.41) is 19.6. The fourth-order valence-electron chi connectivity index (χ4n) is 5.07. The summed E-state index contributed by atoms with van der Waals surface area (Å²) < 4.78 is 31.2. The zero-order chi connectivity index (χ0) is 34.4. The molecule has 12 heteroatoms. The van der Waals surface area contributed by atoms with Gasteiger partial charge >= 0.3 is 0 Å². The fraction of sp³-hybridized carbons (Fsp3) is 1.00. The fourth-order valence-corrected chi connectivity index (χ4v) is 5.07. The molecule has 0 aromatic carbocycles. The first-order valence-corrected chi connectivity index (χ1v) is 18.8. The van der Waals surface area contributed by atoms with Crippen LogP contribution in [0.5, 0.6) is 0 Å². The first-order chi connectivity index (χ1) is 22.8. The van der Waals surface area contributed by atoms with E-state index in [-0.39, 0.29) is 0 Å². The van der Waals surface area contributed by atoms with E-state index in [1.807, 2.05) is 0 Å². The number of rotatable bonds is 1. The molecule has 0 radical (unpaired) electrons. The number of unbranched alkanes of at least 4 members (excludes halogenated alkanes) is 1. The van der Waals surface area contributed by atoms with E-state index < -0.39 is 0 Å². The van der Waals surface area contributed by atoms with Gasteiger partial charge in [0.25, 0.3) is 0 Å². The number of hydrogen-bond acceptors (Lipinski definition) is 12. The van der Waals surface area contributed by atoms with Gasteiger partial charge in [0.05, 0.1) is 77.8 Å². The quantitative estimate of drug-likeness (QED) is 0.243. The normalized spacial score (nSPS) is 32.9. The molecule has 7 atom stereocenters. The zero-order valence-corrected chi connectivity index (χ0v) is 31.3. The van der Waals surface area contributed by atoms with Crippen LogP contribution in [0.3, 0.4) is 0 Å². The highest BCUT2D eigenvalue weighted by Gasteiger charge is 2.27. The van der Waals surface area contributed by atoms with Gasteiger partial charge in [0.15, 0.2) is 0 Å². The molecule has 6 unspecified atom stereocenters. The molecule has 7 heterocycles. The Morgan fingerprint density at radius 1 is 0.532 bits per heavy atom. The molecule has 7 saturated heterocycles. The molecule has 7 fully saturated rings. The van der Waals surface area contributed by atoms with Crippen molar-refractivity contribution >= 4 is 0 Å². The van der Waals surface area contributed by atoms with Crippen molar-refractivity contribution < 1.29 is 28.4 Å². The van der Waals surface area contributed by atoms with Crippen molar-refractivity contribution in [1.29, 1.82) is 0 Å². The highest BCUT2D eigenvalue weighted by Crippen LogP contribution is 2.17. The maximum atomic E-state index is 5.42. The molecular formula is C35H76N6O6. The van der Waals surface area contributed by atoms with Gasteiger partial charge in [-0.05, 0) is 47.5 Å². The van der Waals surface area contributed by atoms with E-state index in [4.69, 9.17) is 28.4 Å². The SMILES string of the molecule is C1CC2COCC1N2.C1COCCN1.C1COCCN1.CC1CNCC(C)O1.CC1NCCOC1C.CCCC.C[C@H]1COCCN1. The average molecular weight is 677 g/mol. The van der Waals surface area contributed by atoms with Gasteiger partial charge in [-0.1, -0.05) is 26.7 Å². The van der Waals surface area contributed by atoms with E-state index in [0.29, 0.717) is 42.5 Å². The molecule has 2 bridgehead atoms. The molecular weight excluding hydrogens is 600 g/mol. The van der Waals surface area contributed by atoms with E-state index >= 15 is 0 Å². The first kappa shape index (κ1) is 44.5. The minimum absolute atomic E-state index is 0.392. The smallest absolute Gasteiger partial charge is 0.0697 e. The van der Waals surface area contributed by atoms with E-state index in [1.165, 1.54) is 25.7 Å². The second kappa shape index (κ2) is 31.5. The van der Waals surface area contributed by atoms with Crippen LogP contribution in [0.4, 0.5) is 0 Å². The lowest BCUT2D eigenvalue weighted by Gasteiger charge is -2.26. The molecule has 282 valence electrons. The van der Waals surface area contributed by atoms with Crippen LogP contribution < -0.4 is 31.9 Å². The van der Waals surface area contributed by atoms with Crippen LogP contribution in [-0.4, -0.2) is 154 Å². The topological polar surface area (TPSA) is 128 Å². The van der Waals surface area contributed by atoms with Crippen molar-refractivity contribution in [3.05, 3.63) is 0 Å². The van der Waals surface area contributed by atoms with E-state index in [2.05, 4.69) is 80.4 Å². The Kier molecular flexibility index (Phi) is 29.9. The Hall–Kier alpha value is -0.480. The third kappa shape index (κ3) is 27.0. The third-order valence-corrected chi connectivity index (χ3v) is 8.25. The van der Waals surface area contributed by atoms with Crippen molar-refractivity contribution in [3.8, 4) is 0 Å². The highest BCUT2D eigenvalue weighted by atomic mass is 16.5. The second-order valence-electron chi connectivity index (χ2n) is 13.1. The number of hydrogen-bond donors (Lipinski definition) is 6. The van der Waals surface area contributed by atoms with Crippen LogP contribution in [0.2, 0.25) is 0 Å². The van der Waals surface area contributed by atoms with E-state index in [1.54, 1.807) is 0 Å². The van der Waals surface area contributed by atoms with Gasteiger partial charge in [0.1, 0.15) is 0 Å². The summed E-state index contributed by atoms with van der Waals surface area (Å²) >= 11 is 0. The molecule has 47 heavy (non-hydrogen) atoms. The molecule has 7 rings (SSSR count). The number of fused-ring (bicyclic) bond motifs is 2. The molecule has 12 nitrogen and oxygen atoms in total. The Morgan fingerprint density at radius 3 is 1.30 bits per heavy atom. The lowest BCUT2D eigenvalue weighted by Crippen LogP contribution is -2.44. The Bertz CT molecular complexity index is 589. The maximum absolute atomic E-state index is 5.42. The minimum atomic E-state index is 0.392. The number of nitrogens with one attached hydrogen (secondary N) is 6. The molecule has 0 aromatic heterocycles. The molecule has 0 saturated carbocycles. The number of morpholine rings is 6. The summed E-state index contributed by atoms with van der Waals surface area (Å²) in [6.45, 7) is 31.1. The lowest BCUT2D eigenvalue weighted by atomic mass is 10.2. The van der Waals surface area contributed by atoms with Gasteiger partial charge < -0.3 is 60.3 Å². The van der Waals surface area contributed by atoms with Crippen molar-refractivity contribution in [2.75, 3.05) is 112 Å². The predicted octanol–water partition coefficient (Wildman–Crippen LogP) is 1.92. The van der Waals surface area contributed by atoms with Gasteiger partial charge in [0, 0.05) is 76.5 Å². The summed E-state index contributed by atoms with van der Waals surface area (Å²) in [6, 6.07) is 2.47. The standard InChI is InChI=1S/C6H11NO.2C6H13NO.C5H11NO.2C4H9NO.C4H10/c1-2-6-4-8-3-5(1)7-6;1-5-3-7-4-6(2)8-5;1-5-6(2)8-4-3-7-5;1-5-4-7-3-2-6-5;2*1-3-6-4-2-5-1;1-3-4-2/h5-7H,1-4H2;2*5-7H,3-4H2,1-2H3;5-6H,2-4H2,1H3;2*5H,1-4H2;3-4H2,1-2H3/t;;;5-;;;/m...0.../s1. The van der Waals surface area contributed by atoms with E-state index in [9.17, 15) is 0 Å². The van der Waals surface area contributed by atoms with Crippen molar-refractivity contribution in [2.45, 2.75) is 117 Å². The first-order valence-electron chi connectivity index (χ1n) is 18.8.